The maximum absolute atomic E-state index is 11.3. The van der Waals surface area contributed by atoms with Crippen LogP contribution in [-0.2, 0) is 5.41 Å². The second-order valence-electron chi connectivity index (χ2n) is 4.94. The molecule has 3 heteroatoms. The molecule has 0 aliphatic carbocycles. The number of nitrogens with zero attached hydrogens (tertiary/aromatic N) is 2. The number of carbonyl (C=O) groups is 1. The molecule has 0 unspecified atom stereocenters. The fraction of sp³-hybridized carbons (Fsp3) is 0.462. The molecule has 0 aromatic carbocycles. The lowest BCUT2D eigenvalue weighted by Gasteiger charge is -2.20. The van der Waals surface area contributed by atoms with Crippen LogP contribution in [0.25, 0.3) is 0 Å². The number of pyridine rings is 1. The van der Waals surface area contributed by atoms with Gasteiger partial charge in [0.25, 0.3) is 0 Å². The molecular weight excluding hydrogens is 200 g/mol. The molecule has 1 heterocycles. The number of aryl methyl sites for hydroxylation is 1. The molecule has 0 bridgehead atoms. The Hall–Kier alpha value is -1.69. The summed E-state index contributed by atoms with van der Waals surface area (Å²) in [5, 5.41) is 9.08. The minimum Gasteiger partial charge on any atom is -0.294 e. The number of nitriles is 1. The smallest absolute Gasteiger partial charge is 0.161 e. The first kappa shape index (κ1) is 12.4. The normalized spacial score (nSPS) is 11.0. The maximum Gasteiger partial charge on any atom is 0.161 e. The number of Topliss-reactive ketones (excluding diaryl/α,β-unsaturated/α-hetero) is 1. The lowest BCUT2D eigenvalue weighted by atomic mass is 9.87. The maximum atomic E-state index is 11.3. The lowest BCUT2D eigenvalue weighted by molar-refractivity contribution is 0.101. The zero-order valence-electron chi connectivity index (χ0n) is 10.4. The summed E-state index contributed by atoms with van der Waals surface area (Å²) in [5.41, 5.74) is 2.27. The van der Waals surface area contributed by atoms with Crippen molar-refractivity contribution in [3.05, 3.63) is 28.6 Å². The van der Waals surface area contributed by atoms with Crippen molar-refractivity contribution >= 4 is 5.78 Å². The molecule has 0 aliphatic rings. The molecule has 0 aliphatic heterocycles. The molecular formula is C13H16N2O. The Morgan fingerprint density at radius 1 is 1.44 bits per heavy atom. The van der Waals surface area contributed by atoms with Gasteiger partial charge in [-0.15, -0.1) is 0 Å². The Morgan fingerprint density at radius 3 is 2.38 bits per heavy atom. The molecule has 16 heavy (non-hydrogen) atoms. The largest absolute Gasteiger partial charge is 0.294 e. The van der Waals surface area contributed by atoms with Crippen molar-refractivity contribution < 1.29 is 4.79 Å². The predicted octanol–water partition coefficient (Wildman–Crippen LogP) is 2.76. The van der Waals surface area contributed by atoms with E-state index in [1.807, 2.05) is 20.8 Å². The van der Waals surface area contributed by atoms with E-state index in [4.69, 9.17) is 5.26 Å². The van der Waals surface area contributed by atoms with Crippen LogP contribution in [0.2, 0.25) is 0 Å². The first-order valence-electron chi connectivity index (χ1n) is 5.20. The molecule has 1 aromatic heterocycles. The van der Waals surface area contributed by atoms with Crippen LogP contribution in [0.3, 0.4) is 0 Å². The summed E-state index contributed by atoms with van der Waals surface area (Å²) in [6.07, 6.45) is 0. The molecule has 0 radical (unpaired) electrons. The summed E-state index contributed by atoms with van der Waals surface area (Å²) in [6, 6.07) is 3.75. The van der Waals surface area contributed by atoms with Gasteiger partial charge in [-0.3, -0.25) is 9.78 Å². The summed E-state index contributed by atoms with van der Waals surface area (Å²) in [4.78, 5) is 15.7. The monoisotopic (exact) mass is 216 g/mol. The topological polar surface area (TPSA) is 53.8 Å². The summed E-state index contributed by atoms with van der Waals surface area (Å²) in [5.74, 6) is -0.0537. The molecule has 0 fully saturated rings. The number of carbonyl (C=O) groups excluding carboxylic acids is 1. The van der Waals surface area contributed by atoms with Crippen molar-refractivity contribution in [2.45, 2.75) is 40.0 Å². The third kappa shape index (κ3) is 2.27. The van der Waals surface area contributed by atoms with E-state index in [-0.39, 0.29) is 11.2 Å². The van der Waals surface area contributed by atoms with E-state index in [2.05, 4.69) is 11.1 Å². The van der Waals surface area contributed by atoms with E-state index >= 15 is 0 Å². The Kier molecular flexibility index (Phi) is 3.14. The minimum absolute atomic E-state index is 0.0537. The van der Waals surface area contributed by atoms with E-state index in [1.54, 1.807) is 13.0 Å². The van der Waals surface area contributed by atoms with Crippen molar-refractivity contribution in [1.29, 1.82) is 5.26 Å². The fourth-order valence-electron chi connectivity index (χ4n) is 1.62. The van der Waals surface area contributed by atoms with E-state index < -0.39 is 0 Å². The summed E-state index contributed by atoms with van der Waals surface area (Å²) < 4.78 is 0. The molecule has 1 aromatic rings. The second-order valence-corrected chi connectivity index (χ2v) is 4.94. The third-order valence-corrected chi connectivity index (χ3v) is 2.42. The van der Waals surface area contributed by atoms with Gasteiger partial charge in [-0.25, -0.2) is 0 Å². The highest BCUT2D eigenvalue weighted by Gasteiger charge is 2.22. The summed E-state index contributed by atoms with van der Waals surface area (Å²) in [6.45, 7) is 9.30. The molecule has 0 atom stereocenters. The minimum atomic E-state index is -0.189. The SMILES string of the molecule is CC(=O)c1cc(C#N)c(C(C)(C)C)nc1C. The first-order valence-corrected chi connectivity index (χ1v) is 5.20. The van der Waals surface area contributed by atoms with Crippen molar-refractivity contribution in [2.75, 3.05) is 0 Å². The van der Waals surface area contributed by atoms with Gasteiger partial charge in [-0.1, -0.05) is 20.8 Å². The van der Waals surface area contributed by atoms with Gasteiger partial charge in [0.1, 0.15) is 6.07 Å². The van der Waals surface area contributed by atoms with E-state index in [0.717, 1.165) is 5.69 Å². The Morgan fingerprint density at radius 2 is 2.00 bits per heavy atom. The molecule has 1 rings (SSSR count). The number of hydrogen-bond donors (Lipinski definition) is 0. The van der Waals surface area contributed by atoms with Crippen molar-refractivity contribution in [3.63, 3.8) is 0 Å². The number of rotatable bonds is 1. The van der Waals surface area contributed by atoms with Crippen molar-refractivity contribution in [2.24, 2.45) is 0 Å². The Balaban J connectivity index is 3.52. The zero-order chi connectivity index (χ0) is 12.5. The number of hydrogen-bond acceptors (Lipinski definition) is 3. The molecule has 0 saturated carbocycles. The Labute approximate surface area is 96.1 Å². The van der Waals surface area contributed by atoms with Crippen molar-refractivity contribution in [1.82, 2.24) is 4.98 Å². The average Bonchev–Trinajstić information content (AvgIpc) is 2.15. The quantitative estimate of drug-likeness (QED) is 0.678. The van der Waals surface area contributed by atoms with Gasteiger partial charge in [-0.05, 0) is 19.9 Å². The van der Waals surface area contributed by atoms with E-state index in [9.17, 15) is 4.79 Å². The highest BCUT2D eigenvalue weighted by Crippen LogP contribution is 2.25. The van der Waals surface area contributed by atoms with Crippen LogP contribution in [0.15, 0.2) is 6.07 Å². The van der Waals surface area contributed by atoms with Gasteiger partial charge in [0.05, 0.1) is 11.3 Å². The highest BCUT2D eigenvalue weighted by atomic mass is 16.1. The third-order valence-electron chi connectivity index (χ3n) is 2.42. The van der Waals surface area contributed by atoms with Crippen LogP contribution >= 0.6 is 0 Å². The number of ketones is 1. The molecule has 0 spiro atoms. The van der Waals surface area contributed by atoms with Gasteiger partial charge < -0.3 is 0 Å². The van der Waals surface area contributed by atoms with Crippen LogP contribution < -0.4 is 0 Å². The summed E-state index contributed by atoms with van der Waals surface area (Å²) >= 11 is 0. The van der Waals surface area contributed by atoms with Gasteiger partial charge in [0.15, 0.2) is 5.78 Å². The predicted molar refractivity (Wildman–Crippen MR) is 62.4 cm³/mol. The van der Waals surface area contributed by atoms with Gasteiger partial charge in [0.2, 0.25) is 0 Å². The van der Waals surface area contributed by atoms with Gasteiger partial charge in [-0.2, -0.15) is 5.26 Å². The highest BCUT2D eigenvalue weighted by molar-refractivity contribution is 5.95. The molecule has 0 saturated heterocycles. The zero-order valence-corrected chi connectivity index (χ0v) is 10.4. The first-order chi connectivity index (χ1) is 7.27. The summed E-state index contributed by atoms with van der Waals surface area (Å²) in [7, 11) is 0. The van der Waals surface area contributed by atoms with Gasteiger partial charge >= 0.3 is 0 Å². The molecule has 84 valence electrons. The van der Waals surface area contributed by atoms with Crippen molar-refractivity contribution in [3.8, 4) is 6.07 Å². The van der Waals surface area contributed by atoms with Gasteiger partial charge in [0, 0.05) is 16.7 Å². The lowest BCUT2D eigenvalue weighted by Crippen LogP contribution is -2.18. The Bertz CT molecular complexity index is 476. The van der Waals surface area contributed by atoms with Crippen LogP contribution in [0.4, 0.5) is 0 Å². The van der Waals surface area contributed by atoms with Crippen LogP contribution in [0.1, 0.15) is 55.0 Å². The molecule has 0 amide bonds. The van der Waals surface area contributed by atoms with Crippen LogP contribution in [-0.4, -0.2) is 10.8 Å². The van der Waals surface area contributed by atoms with Crippen LogP contribution in [0.5, 0.6) is 0 Å². The van der Waals surface area contributed by atoms with E-state index in [1.165, 1.54) is 6.92 Å². The average molecular weight is 216 g/mol. The second kappa shape index (κ2) is 4.05. The molecule has 3 nitrogen and oxygen atoms in total. The van der Waals surface area contributed by atoms with Crippen LogP contribution in [0, 0.1) is 18.3 Å². The van der Waals surface area contributed by atoms with E-state index in [0.29, 0.717) is 16.8 Å². The number of aromatic nitrogens is 1. The molecule has 0 N–H and O–H groups in total. The fourth-order valence-corrected chi connectivity index (χ4v) is 1.62. The standard InChI is InChI=1S/C13H16N2O/c1-8-11(9(2)16)6-10(7-14)12(15-8)13(3,4)5/h6H,1-5H3.